The highest BCUT2D eigenvalue weighted by molar-refractivity contribution is 5.39. The predicted octanol–water partition coefficient (Wildman–Crippen LogP) is 2.13. The number of hydrogen-bond donors (Lipinski definition) is 1. The van der Waals surface area contributed by atoms with E-state index < -0.39 is 5.92 Å². The molecule has 0 bridgehead atoms. The lowest BCUT2D eigenvalue weighted by atomic mass is 10.1. The fourth-order valence-electron chi connectivity index (χ4n) is 1.57. The van der Waals surface area contributed by atoms with Crippen LogP contribution in [-0.4, -0.2) is 11.0 Å². The van der Waals surface area contributed by atoms with Gasteiger partial charge < -0.3 is 5.11 Å². The molecule has 12 heavy (non-hydrogen) atoms. The minimum atomic E-state index is -2.61. The molecule has 1 aliphatic carbocycles. The van der Waals surface area contributed by atoms with Gasteiger partial charge >= 0.3 is 0 Å². The Morgan fingerprint density at radius 1 is 1.17 bits per heavy atom. The molecule has 3 heteroatoms. The van der Waals surface area contributed by atoms with Crippen LogP contribution in [0.1, 0.15) is 11.1 Å². The summed E-state index contributed by atoms with van der Waals surface area (Å²) in [7, 11) is 0. The third kappa shape index (κ3) is 1.15. The maximum Gasteiger partial charge on any atom is 0.256 e. The van der Waals surface area contributed by atoms with Gasteiger partial charge in [-0.15, -0.1) is 0 Å². The highest BCUT2D eigenvalue weighted by atomic mass is 19.3. The minimum Gasteiger partial charge on any atom is -0.508 e. The van der Waals surface area contributed by atoms with Gasteiger partial charge in [-0.25, -0.2) is 8.78 Å². The van der Waals surface area contributed by atoms with Gasteiger partial charge in [0.1, 0.15) is 5.75 Å². The van der Waals surface area contributed by atoms with Crippen molar-refractivity contribution in [1.29, 1.82) is 0 Å². The Balaban J connectivity index is 2.43. The van der Waals surface area contributed by atoms with Crippen LogP contribution < -0.4 is 0 Å². The Bertz CT molecular complexity index is 320. The topological polar surface area (TPSA) is 20.2 Å². The van der Waals surface area contributed by atoms with Crippen molar-refractivity contribution in [3.8, 4) is 5.75 Å². The first-order chi connectivity index (χ1) is 5.57. The number of hydrogen-bond acceptors (Lipinski definition) is 1. The summed E-state index contributed by atoms with van der Waals surface area (Å²) >= 11 is 0. The molecule has 1 aromatic rings. The van der Waals surface area contributed by atoms with Gasteiger partial charge in [0.05, 0.1) is 0 Å². The zero-order valence-corrected chi connectivity index (χ0v) is 6.35. The van der Waals surface area contributed by atoms with E-state index in [-0.39, 0.29) is 18.6 Å². The van der Waals surface area contributed by atoms with Gasteiger partial charge in [-0.1, -0.05) is 6.07 Å². The summed E-state index contributed by atoms with van der Waals surface area (Å²) in [4.78, 5) is 0. The molecule has 0 aromatic heterocycles. The van der Waals surface area contributed by atoms with Crippen LogP contribution in [0.2, 0.25) is 0 Å². The van der Waals surface area contributed by atoms with Crippen molar-refractivity contribution in [3.05, 3.63) is 29.3 Å². The van der Waals surface area contributed by atoms with Crippen molar-refractivity contribution in [3.63, 3.8) is 0 Å². The first-order valence-corrected chi connectivity index (χ1v) is 3.75. The standard InChI is InChI=1S/C9H8F2O/c10-9(11)4-6-1-2-8(12)3-7(6)5-9/h1-3,12H,4-5H2. The summed E-state index contributed by atoms with van der Waals surface area (Å²) in [5, 5.41) is 9.02. The lowest BCUT2D eigenvalue weighted by Crippen LogP contribution is -2.14. The molecule has 2 rings (SSSR count). The van der Waals surface area contributed by atoms with E-state index in [4.69, 9.17) is 5.11 Å². The van der Waals surface area contributed by atoms with Gasteiger partial charge in [-0.3, -0.25) is 0 Å². The number of phenols is 1. The third-order valence-electron chi connectivity index (χ3n) is 2.09. The molecule has 64 valence electrons. The Hall–Kier alpha value is -1.12. The second kappa shape index (κ2) is 2.19. The maximum absolute atomic E-state index is 12.8. The van der Waals surface area contributed by atoms with E-state index in [1.165, 1.54) is 12.1 Å². The summed E-state index contributed by atoms with van der Waals surface area (Å²) in [6.07, 6.45) is -0.431. The largest absolute Gasteiger partial charge is 0.508 e. The second-order valence-corrected chi connectivity index (χ2v) is 3.16. The minimum absolute atomic E-state index is 0.0615. The van der Waals surface area contributed by atoms with Crippen LogP contribution in [0.3, 0.4) is 0 Å². The fraction of sp³-hybridized carbons (Fsp3) is 0.333. The average Bonchev–Trinajstić information content (AvgIpc) is 2.21. The van der Waals surface area contributed by atoms with Gasteiger partial charge in [0, 0.05) is 12.8 Å². The van der Waals surface area contributed by atoms with Gasteiger partial charge in [0.25, 0.3) is 5.92 Å². The van der Waals surface area contributed by atoms with Crippen LogP contribution in [-0.2, 0) is 12.8 Å². The summed E-state index contributed by atoms with van der Waals surface area (Å²) < 4.78 is 25.6. The van der Waals surface area contributed by atoms with Crippen molar-refractivity contribution in [2.45, 2.75) is 18.8 Å². The number of halogens is 2. The van der Waals surface area contributed by atoms with Crippen molar-refractivity contribution >= 4 is 0 Å². The normalized spacial score (nSPS) is 19.2. The summed E-state index contributed by atoms with van der Waals surface area (Å²) in [6, 6.07) is 4.42. The van der Waals surface area contributed by atoms with Crippen molar-refractivity contribution < 1.29 is 13.9 Å². The molecule has 0 saturated heterocycles. The molecule has 0 radical (unpaired) electrons. The summed E-state index contributed by atoms with van der Waals surface area (Å²) in [5.74, 6) is -2.55. The number of phenolic OH excluding ortho intramolecular Hbond substituents is 1. The summed E-state index contributed by atoms with van der Waals surface area (Å²) in [5.41, 5.74) is 1.22. The van der Waals surface area contributed by atoms with Crippen LogP contribution >= 0.6 is 0 Å². The van der Waals surface area contributed by atoms with E-state index >= 15 is 0 Å². The van der Waals surface area contributed by atoms with E-state index in [0.29, 0.717) is 11.1 Å². The second-order valence-electron chi connectivity index (χ2n) is 3.16. The lowest BCUT2D eigenvalue weighted by molar-refractivity contribution is 0.0130. The number of benzene rings is 1. The van der Waals surface area contributed by atoms with Crippen LogP contribution in [0.5, 0.6) is 5.75 Å². The molecule has 0 spiro atoms. The first-order valence-electron chi connectivity index (χ1n) is 3.75. The van der Waals surface area contributed by atoms with Crippen LogP contribution in [0.15, 0.2) is 18.2 Å². The summed E-state index contributed by atoms with van der Waals surface area (Å²) in [6.45, 7) is 0. The van der Waals surface area contributed by atoms with Crippen LogP contribution in [0, 0.1) is 0 Å². The monoisotopic (exact) mass is 170 g/mol. The fourth-order valence-corrected chi connectivity index (χ4v) is 1.57. The molecule has 0 atom stereocenters. The molecule has 0 fully saturated rings. The van der Waals surface area contributed by atoms with Crippen molar-refractivity contribution in [2.24, 2.45) is 0 Å². The predicted molar refractivity (Wildman–Crippen MR) is 40.5 cm³/mol. The van der Waals surface area contributed by atoms with Crippen molar-refractivity contribution in [1.82, 2.24) is 0 Å². The van der Waals surface area contributed by atoms with Gasteiger partial charge in [-0.2, -0.15) is 0 Å². The van der Waals surface area contributed by atoms with Crippen molar-refractivity contribution in [2.75, 3.05) is 0 Å². The van der Waals surface area contributed by atoms with E-state index in [9.17, 15) is 8.78 Å². The Morgan fingerprint density at radius 3 is 2.58 bits per heavy atom. The van der Waals surface area contributed by atoms with E-state index in [2.05, 4.69) is 0 Å². The van der Waals surface area contributed by atoms with Gasteiger partial charge in [0.15, 0.2) is 0 Å². The molecular weight excluding hydrogens is 162 g/mol. The molecule has 0 unspecified atom stereocenters. The molecular formula is C9H8F2O. The van der Waals surface area contributed by atoms with Gasteiger partial charge in [-0.05, 0) is 23.3 Å². The first kappa shape index (κ1) is 7.53. The van der Waals surface area contributed by atoms with E-state index in [0.717, 1.165) is 0 Å². The average molecular weight is 170 g/mol. The quantitative estimate of drug-likeness (QED) is 0.632. The maximum atomic E-state index is 12.8. The number of rotatable bonds is 0. The lowest BCUT2D eigenvalue weighted by Gasteiger charge is -2.04. The van der Waals surface area contributed by atoms with Crippen LogP contribution in [0.4, 0.5) is 8.78 Å². The van der Waals surface area contributed by atoms with E-state index in [1.807, 2.05) is 0 Å². The molecule has 1 aliphatic rings. The third-order valence-corrected chi connectivity index (χ3v) is 2.09. The molecule has 1 aromatic carbocycles. The van der Waals surface area contributed by atoms with E-state index in [1.54, 1.807) is 6.07 Å². The molecule has 0 aliphatic heterocycles. The molecule has 1 N–H and O–H groups in total. The molecule has 0 saturated carbocycles. The Kier molecular flexibility index (Phi) is 1.37. The Labute approximate surface area is 68.6 Å². The Morgan fingerprint density at radius 2 is 1.83 bits per heavy atom. The molecule has 0 heterocycles. The number of aromatic hydroxyl groups is 1. The van der Waals surface area contributed by atoms with Crippen LogP contribution in [0.25, 0.3) is 0 Å². The molecule has 0 amide bonds. The molecule has 1 nitrogen and oxygen atoms in total. The smallest absolute Gasteiger partial charge is 0.256 e. The number of alkyl halides is 2. The highest BCUT2D eigenvalue weighted by Crippen LogP contribution is 2.35. The highest BCUT2D eigenvalue weighted by Gasteiger charge is 2.37. The number of fused-ring (bicyclic) bond motifs is 1. The zero-order valence-electron chi connectivity index (χ0n) is 6.35. The zero-order chi connectivity index (χ0) is 8.77. The SMILES string of the molecule is Oc1ccc2c(c1)CC(F)(F)C2. The van der Waals surface area contributed by atoms with Gasteiger partial charge in [0.2, 0.25) is 0 Å².